The van der Waals surface area contributed by atoms with E-state index >= 15 is 0 Å². The topological polar surface area (TPSA) is 48.1 Å². The fourth-order valence-corrected chi connectivity index (χ4v) is 2.44. The molecule has 0 aliphatic rings. The first kappa shape index (κ1) is 15.8. The summed E-state index contributed by atoms with van der Waals surface area (Å²) in [6.07, 6.45) is 3.23. The highest BCUT2D eigenvalue weighted by Crippen LogP contribution is 2.25. The van der Waals surface area contributed by atoms with E-state index in [1.807, 2.05) is 6.07 Å². The van der Waals surface area contributed by atoms with Crippen LogP contribution in [0.4, 0.5) is 0 Å². The maximum Gasteiger partial charge on any atom is 0.120 e. The summed E-state index contributed by atoms with van der Waals surface area (Å²) in [5.41, 5.74) is 9.06. The Morgan fingerprint density at radius 1 is 1.19 bits per heavy atom. The number of hydrogen-bond acceptors (Lipinski definition) is 3. The predicted molar refractivity (Wildman–Crippen MR) is 88.8 cm³/mol. The first-order chi connectivity index (χ1) is 10.1. The molecule has 0 radical (unpaired) electrons. The second kappa shape index (κ2) is 7.41. The molecule has 1 heterocycles. The largest absolute Gasteiger partial charge is 0.493 e. The highest BCUT2D eigenvalue weighted by molar-refractivity contribution is 5.84. The van der Waals surface area contributed by atoms with E-state index in [1.54, 1.807) is 0 Å². The molecule has 3 heteroatoms. The molecule has 2 N–H and O–H groups in total. The first-order valence-electron chi connectivity index (χ1n) is 7.83. The third kappa shape index (κ3) is 4.43. The summed E-state index contributed by atoms with van der Waals surface area (Å²) in [4.78, 5) is 4.62. The van der Waals surface area contributed by atoms with Crippen molar-refractivity contribution in [1.29, 1.82) is 0 Å². The molecule has 0 bridgehead atoms. The van der Waals surface area contributed by atoms with Gasteiger partial charge in [0.25, 0.3) is 0 Å². The molecule has 0 aliphatic carbocycles. The summed E-state index contributed by atoms with van der Waals surface area (Å²) >= 11 is 0. The molecule has 0 fully saturated rings. The van der Waals surface area contributed by atoms with E-state index < -0.39 is 0 Å². The Morgan fingerprint density at radius 2 is 2.00 bits per heavy atom. The molecule has 1 aromatic heterocycles. The molecule has 1 aromatic carbocycles. The molecule has 0 saturated carbocycles. The number of ether oxygens (including phenoxy) is 1. The van der Waals surface area contributed by atoms with Crippen molar-refractivity contribution in [2.45, 2.75) is 40.0 Å². The molecular weight excluding hydrogens is 260 g/mol. The smallest absolute Gasteiger partial charge is 0.120 e. The molecule has 2 aromatic rings. The van der Waals surface area contributed by atoms with E-state index in [1.165, 1.54) is 10.9 Å². The molecule has 0 aliphatic heterocycles. The van der Waals surface area contributed by atoms with E-state index in [2.05, 4.69) is 44.0 Å². The van der Waals surface area contributed by atoms with Crippen LogP contribution in [-0.2, 0) is 6.42 Å². The summed E-state index contributed by atoms with van der Waals surface area (Å²) in [5, 5.41) is 1.21. The quantitative estimate of drug-likeness (QED) is 0.786. The Hall–Kier alpha value is -1.61. The summed E-state index contributed by atoms with van der Waals surface area (Å²) < 4.78 is 5.84. The second-order valence-corrected chi connectivity index (χ2v) is 6.05. The number of unbranched alkanes of at least 4 members (excludes halogenated alkanes) is 1. The Labute approximate surface area is 127 Å². The van der Waals surface area contributed by atoms with Gasteiger partial charge in [-0.3, -0.25) is 4.98 Å². The van der Waals surface area contributed by atoms with Gasteiger partial charge in [-0.05, 0) is 68.5 Å². The van der Waals surface area contributed by atoms with Gasteiger partial charge in [0.05, 0.1) is 12.1 Å². The molecule has 0 unspecified atom stereocenters. The lowest BCUT2D eigenvalue weighted by Crippen LogP contribution is -2.04. The Bertz CT molecular complexity index is 593. The van der Waals surface area contributed by atoms with Gasteiger partial charge >= 0.3 is 0 Å². The van der Waals surface area contributed by atoms with Gasteiger partial charge in [0.1, 0.15) is 5.75 Å². The minimum atomic E-state index is 0.529. The van der Waals surface area contributed by atoms with Gasteiger partial charge < -0.3 is 10.5 Å². The maximum absolute atomic E-state index is 5.84. The molecule has 3 nitrogen and oxygen atoms in total. The van der Waals surface area contributed by atoms with Crippen molar-refractivity contribution in [3.05, 3.63) is 35.5 Å². The van der Waals surface area contributed by atoms with Crippen LogP contribution in [0.25, 0.3) is 10.9 Å². The Balaban J connectivity index is 2.29. The molecule has 0 spiro atoms. The van der Waals surface area contributed by atoms with E-state index in [0.717, 1.165) is 49.4 Å². The van der Waals surface area contributed by atoms with Gasteiger partial charge in [-0.1, -0.05) is 13.8 Å². The number of nitrogens with zero attached hydrogens (tertiary/aromatic N) is 1. The van der Waals surface area contributed by atoms with Gasteiger partial charge in [0, 0.05) is 11.1 Å². The highest BCUT2D eigenvalue weighted by Gasteiger charge is 2.06. The van der Waals surface area contributed by atoms with Crippen LogP contribution in [0.15, 0.2) is 24.3 Å². The van der Waals surface area contributed by atoms with E-state index in [-0.39, 0.29) is 0 Å². The highest BCUT2D eigenvalue weighted by atomic mass is 16.5. The lowest BCUT2D eigenvalue weighted by Gasteiger charge is -2.12. The molecule has 0 atom stereocenters. The summed E-state index contributed by atoms with van der Waals surface area (Å²) in [6.45, 7) is 7.86. The van der Waals surface area contributed by atoms with Crippen molar-refractivity contribution >= 4 is 10.9 Å². The maximum atomic E-state index is 5.84. The number of benzene rings is 1. The molecule has 21 heavy (non-hydrogen) atoms. The molecule has 0 amide bonds. The minimum absolute atomic E-state index is 0.529. The van der Waals surface area contributed by atoms with Crippen molar-refractivity contribution < 1.29 is 4.74 Å². The van der Waals surface area contributed by atoms with Gasteiger partial charge in [-0.15, -0.1) is 0 Å². The molecule has 114 valence electrons. The summed E-state index contributed by atoms with van der Waals surface area (Å²) in [5.74, 6) is 1.46. The number of rotatable bonds is 7. The standard InChI is InChI=1S/C18H26N2O/c1-13(2)12-21-16-7-8-18-17(11-16)15(6-4-5-9-19)10-14(3)20-18/h7-8,10-11,13H,4-6,9,12,19H2,1-3H3. The van der Waals surface area contributed by atoms with Crippen LogP contribution in [0.5, 0.6) is 5.75 Å². The molecule has 2 rings (SSSR count). The van der Waals surface area contributed by atoms with Crippen LogP contribution in [0.3, 0.4) is 0 Å². The number of aromatic nitrogens is 1. The van der Waals surface area contributed by atoms with Crippen molar-refractivity contribution in [2.75, 3.05) is 13.2 Å². The van der Waals surface area contributed by atoms with Crippen molar-refractivity contribution in [3.8, 4) is 5.75 Å². The SMILES string of the molecule is Cc1cc(CCCCN)c2cc(OCC(C)C)ccc2n1. The lowest BCUT2D eigenvalue weighted by molar-refractivity contribution is 0.271. The van der Waals surface area contributed by atoms with E-state index in [0.29, 0.717) is 5.92 Å². The van der Waals surface area contributed by atoms with Gasteiger partial charge in [0.2, 0.25) is 0 Å². The average Bonchev–Trinajstić information content (AvgIpc) is 2.45. The Kier molecular flexibility index (Phi) is 5.57. The van der Waals surface area contributed by atoms with Crippen LogP contribution in [0.1, 0.15) is 37.9 Å². The Morgan fingerprint density at radius 3 is 2.71 bits per heavy atom. The van der Waals surface area contributed by atoms with Crippen molar-refractivity contribution in [3.63, 3.8) is 0 Å². The van der Waals surface area contributed by atoms with Crippen LogP contribution >= 0.6 is 0 Å². The second-order valence-electron chi connectivity index (χ2n) is 6.05. The van der Waals surface area contributed by atoms with Crippen LogP contribution in [0.2, 0.25) is 0 Å². The van der Waals surface area contributed by atoms with Gasteiger partial charge in [-0.2, -0.15) is 0 Å². The molecule has 0 saturated heterocycles. The zero-order valence-corrected chi connectivity index (χ0v) is 13.4. The third-order valence-electron chi connectivity index (χ3n) is 3.48. The zero-order chi connectivity index (χ0) is 15.2. The zero-order valence-electron chi connectivity index (χ0n) is 13.4. The van der Waals surface area contributed by atoms with Crippen LogP contribution in [-0.4, -0.2) is 18.1 Å². The van der Waals surface area contributed by atoms with Crippen molar-refractivity contribution in [1.82, 2.24) is 4.98 Å². The van der Waals surface area contributed by atoms with Gasteiger partial charge in [0.15, 0.2) is 0 Å². The van der Waals surface area contributed by atoms with Crippen LogP contribution in [0, 0.1) is 12.8 Å². The number of aryl methyl sites for hydroxylation is 2. The average molecular weight is 286 g/mol. The third-order valence-corrected chi connectivity index (χ3v) is 3.48. The first-order valence-corrected chi connectivity index (χ1v) is 7.83. The van der Waals surface area contributed by atoms with Crippen LogP contribution < -0.4 is 10.5 Å². The van der Waals surface area contributed by atoms with E-state index in [4.69, 9.17) is 10.5 Å². The number of hydrogen-bond donors (Lipinski definition) is 1. The fraction of sp³-hybridized carbons (Fsp3) is 0.500. The lowest BCUT2D eigenvalue weighted by atomic mass is 10.0. The summed E-state index contributed by atoms with van der Waals surface area (Å²) in [7, 11) is 0. The monoisotopic (exact) mass is 286 g/mol. The fourth-order valence-electron chi connectivity index (χ4n) is 2.44. The summed E-state index contributed by atoms with van der Waals surface area (Å²) in [6, 6.07) is 8.39. The predicted octanol–water partition coefficient (Wildman–Crippen LogP) is 3.86. The van der Waals surface area contributed by atoms with Gasteiger partial charge in [-0.25, -0.2) is 0 Å². The number of fused-ring (bicyclic) bond motifs is 1. The number of nitrogens with two attached hydrogens (primary N) is 1. The minimum Gasteiger partial charge on any atom is -0.493 e. The van der Waals surface area contributed by atoms with Crippen molar-refractivity contribution in [2.24, 2.45) is 11.7 Å². The number of pyridine rings is 1. The van der Waals surface area contributed by atoms with E-state index in [9.17, 15) is 0 Å². The normalized spacial score (nSPS) is 11.3. The molecular formula is C18H26N2O.